The van der Waals surface area contributed by atoms with Crippen LogP contribution in [0.4, 0.5) is 35.0 Å². The van der Waals surface area contributed by atoms with Crippen LogP contribution in [-0.4, -0.2) is 6.03 Å². The van der Waals surface area contributed by atoms with Gasteiger partial charge in [-0.15, -0.1) is 0 Å². The molecule has 5 nitrogen and oxygen atoms in total. The number of halogens is 5. The van der Waals surface area contributed by atoms with Gasteiger partial charge in [-0.3, -0.25) is 0 Å². The topological polar surface area (TPSA) is 54.7 Å². The molecule has 3 rings (SSSR count). The fourth-order valence-corrected chi connectivity index (χ4v) is 2.86. The number of ether oxygens (including phenoxy) is 1. The van der Waals surface area contributed by atoms with Gasteiger partial charge in [0.15, 0.2) is 0 Å². The van der Waals surface area contributed by atoms with Gasteiger partial charge in [-0.05, 0) is 42.5 Å². The van der Waals surface area contributed by atoms with Gasteiger partial charge in [0.25, 0.3) is 0 Å². The van der Waals surface area contributed by atoms with E-state index in [4.69, 9.17) is 34.5 Å². The van der Waals surface area contributed by atoms with Crippen LogP contribution in [0.5, 0.6) is 11.5 Å². The molecule has 158 valence electrons. The molecule has 0 aliphatic heterocycles. The summed E-state index contributed by atoms with van der Waals surface area (Å²) < 4.78 is 44.1. The first-order chi connectivity index (χ1) is 14.7. The van der Waals surface area contributed by atoms with Crippen LogP contribution in [0, 0.1) is 6.57 Å². The van der Waals surface area contributed by atoms with Crippen LogP contribution in [0.2, 0.25) is 10.0 Å². The Morgan fingerprint density at radius 2 is 1.65 bits per heavy atom. The van der Waals surface area contributed by atoms with Crippen LogP contribution < -0.4 is 15.4 Å². The summed E-state index contributed by atoms with van der Waals surface area (Å²) in [5.74, 6) is 0.523. The lowest BCUT2D eigenvalue weighted by Gasteiger charge is -2.13. The Morgan fingerprint density at radius 1 is 0.935 bits per heavy atom. The van der Waals surface area contributed by atoms with E-state index in [2.05, 4.69) is 15.5 Å². The minimum absolute atomic E-state index is 0.0210. The van der Waals surface area contributed by atoms with Crippen LogP contribution in [0.15, 0.2) is 60.7 Å². The van der Waals surface area contributed by atoms with Gasteiger partial charge in [-0.25, -0.2) is 9.64 Å². The number of nitrogens with one attached hydrogen (secondary N) is 2. The standard InChI is InChI=1S/C21H12Cl2F3N3O2/c1-27-18-8-6-15(11-17(18)23)31-19-10-14(5-7-16(19)22)29-20(30)28-13-4-2-3-12(9-13)21(24,25)26/h2-11H,(H2,28,29,30). The Bertz CT molecular complexity index is 1180. The maximum atomic E-state index is 12.8. The predicted octanol–water partition coefficient (Wildman–Crippen LogP) is 8.00. The first-order valence-electron chi connectivity index (χ1n) is 8.55. The second-order valence-electron chi connectivity index (χ2n) is 6.13. The molecule has 10 heteroatoms. The van der Waals surface area contributed by atoms with Crippen molar-refractivity contribution < 1.29 is 22.7 Å². The number of carbonyl (C=O) groups excluding carboxylic acids is 1. The molecule has 0 heterocycles. The van der Waals surface area contributed by atoms with E-state index in [-0.39, 0.29) is 32.9 Å². The van der Waals surface area contributed by atoms with Crippen LogP contribution in [0.3, 0.4) is 0 Å². The molecule has 0 unspecified atom stereocenters. The highest BCUT2D eigenvalue weighted by molar-refractivity contribution is 6.33. The number of anilines is 2. The normalized spacial score (nSPS) is 10.8. The SMILES string of the molecule is [C-]#[N+]c1ccc(Oc2cc(NC(=O)Nc3cccc(C(F)(F)F)c3)ccc2Cl)cc1Cl. The number of alkyl halides is 3. The molecule has 3 aromatic rings. The molecule has 0 fully saturated rings. The van der Waals surface area contributed by atoms with Gasteiger partial charge in [-0.1, -0.05) is 35.3 Å². The molecule has 0 bridgehead atoms. The van der Waals surface area contributed by atoms with E-state index >= 15 is 0 Å². The average Bonchev–Trinajstić information content (AvgIpc) is 2.70. The molecule has 0 aliphatic rings. The van der Waals surface area contributed by atoms with Crippen molar-refractivity contribution in [1.29, 1.82) is 0 Å². The maximum absolute atomic E-state index is 12.8. The van der Waals surface area contributed by atoms with Crippen molar-refractivity contribution in [2.45, 2.75) is 6.18 Å². The monoisotopic (exact) mass is 465 g/mol. The van der Waals surface area contributed by atoms with Gasteiger partial charge in [0.1, 0.15) is 11.5 Å². The molecule has 2 amide bonds. The molecule has 2 N–H and O–H groups in total. The third-order valence-electron chi connectivity index (χ3n) is 3.90. The number of amides is 2. The second-order valence-corrected chi connectivity index (χ2v) is 6.94. The molecule has 0 aliphatic carbocycles. The number of urea groups is 1. The third kappa shape index (κ3) is 5.81. The van der Waals surface area contributed by atoms with Crippen LogP contribution in [0.25, 0.3) is 4.85 Å². The molecule has 0 saturated heterocycles. The fraction of sp³-hybridized carbons (Fsp3) is 0.0476. The summed E-state index contributed by atoms with van der Waals surface area (Å²) in [6, 6.07) is 12.4. The Hall–Kier alpha value is -3.41. The summed E-state index contributed by atoms with van der Waals surface area (Å²) in [4.78, 5) is 15.4. The van der Waals surface area contributed by atoms with E-state index in [1.54, 1.807) is 0 Å². The summed E-state index contributed by atoms with van der Waals surface area (Å²) in [6.45, 7) is 7.00. The van der Waals surface area contributed by atoms with Crippen molar-refractivity contribution in [1.82, 2.24) is 0 Å². The van der Waals surface area contributed by atoms with E-state index in [1.807, 2.05) is 0 Å². The van der Waals surface area contributed by atoms with Gasteiger partial charge >= 0.3 is 12.2 Å². The van der Waals surface area contributed by atoms with Crippen molar-refractivity contribution >= 4 is 46.3 Å². The zero-order chi connectivity index (χ0) is 22.6. The van der Waals surface area contributed by atoms with Crippen LogP contribution in [0.1, 0.15) is 5.56 Å². The highest BCUT2D eigenvalue weighted by Gasteiger charge is 2.30. The van der Waals surface area contributed by atoms with Crippen molar-refractivity contribution in [3.63, 3.8) is 0 Å². The van der Waals surface area contributed by atoms with E-state index in [9.17, 15) is 18.0 Å². The third-order valence-corrected chi connectivity index (χ3v) is 4.52. The lowest BCUT2D eigenvalue weighted by atomic mass is 10.2. The van der Waals surface area contributed by atoms with E-state index in [0.717, 1.165) is 12.1 Å². The summed E-state index contributed by atoms with van der Waals surface area (Å²) >= 11 is 12.1. The summed E-state index contributed by atoms with van der Waals surface area (Å²) in [5, 5.41) is 5.28. The number of rotatable bonds is 4. The maximum Gasteiger partial charge on any atom is 0.416 e. The molecular weight excluding hydrogens is 454 g/mol. The van der Waals surface area contributed by atoms with Crippen molar-refractivity contribution in [2.24, 2.45) is 0 Å². The molecule has 0 spiro atoms. The molecular formula is C21H12Cl2F3N3O2. The Morgan fingerprint density at radius 3 is 2.29 bits per heavy atom. The number of carbonyl (C=O) groups is 1. The van der Waals surface area contributed by atoms with Crippen molar-refractivity contribution in [3.05, 3.63) is 87.7 Å². The molecule has 31 heavy (non-hydrogen) atoms. The zero-order valence-electron chi connectivity index (χ0n) is 15.4. The van der Waals surface area contributed by atoms with E-state index in [0.29, 0.717) is 5.75 Å². The first-order valence-corrected chi connectivity index (χ1v) is 9.31. The van der Waals surface area contributed by atoms with Gasteiger partial charge in [0, 0.05) is 17.4 Å². The molecule has 0 aromatic heterocycles. The minimum Gasteiger partial charge on any atom is -0.456 e. The largest absolute Gasteiger partial charge is 0.456 e. The van der Waals surface area contributed by atoms with E-state index < -0.39 is 17.8 Å². The van der Waals surface area contributed by atoms with Crippen molar-refractivity contribution in [2.75, 3.05) is 10.6 Å². The van der Waals surface area contributed by atoms with E-state index in [1.165, 1.54) is 48.5 Å². The van der Waals surface area contributed by atoms with Crippen LogP contribution in [-0.2, 0) is 6.18 Å². The Balaban J connectivity index is 1.72. The van der Waals surface area contributed by atoms with Gasteiger partial charge < -0.3 is 15.4 Å². The van der Waals surface area contributed by atoms with Gasteiger partial charge in [-0.2, -0.15) is 13.2 Å². The molecule has 0 atom stereocenters. The number of benzene rings is 3. The molecule has 0 saturated carbocycles. The highest BCUT2D eigenvalue weighted by Crippen LogP contribution is 2.35. The summed E-state index contributed by atoms with van der Waals surface area (Å²) in [6.07, 6.45) is -4.52. The van der Waals surface area contributed by atoms with Crippen molar-refractivity contribution in [3.8, 4) is 11.5 Å². The molecule has 3 aromatic carbocycles. The zero-order valence-corrected chi connectivity index (χ0v) is 16.9. The number of nitrogens with zero attached hydrogens (tertiary/aromatic N) is 1. The number of hydrogen-bond donors (Lipinski definition) is 2. The molecule has 0 radical (unpaired) electrons. The first kappa shape index (κ1) is 22.3. The highest BCUT2D eigenvalue weighted by atomic mass is 35.5. The fourth-order valence-electron chi connectivity index (χ4n) is 2.49. The lowest BCUT2D eigenvalue weighted by molar-refractivity contribution is -0.137. The van der Waals surface area contributed by atoms with Crippen LogP contribution >= 0.6 is 23.2 Å². The summed E-state index contributed by atoms with van der Waals surface area (Å²) in [5.41, 5.74) is -0.350. The Kier molecular flexibility index (Phi) is 6.59. The van der Waals surface area contributed by atoms with Gasteiger partial charge in [0.05, 0.1) is 22.2 Å². The van der Waals surface area contributed by atoms with Gasteiger partial charge in [0.2, 0.25) is 5.69 Å². The quantitative estimate of drug-likeness (QED) is 0.383. The second kappa shape index (κ2) is 9.16. The average molecular weight is 466 g/mol. The Labute approximate surface area is 185 Å². The smallest absolute Gasteiger partial charge is 0.416 e. The minimum atomic E-state index is -4.52. The predicted molar refractivity (Wildman–Crippen MR) is 113 cm³/mol. The summed E-state index contributed by atoms with van der Waals surface area (Å²) in [7, 11) is 0. The lowest BCUT2D eigenvalue weighted by Crippen LogP contribution is -2.19. The number of hydrogen-bond acceptors (Lipinski definition) is 2.